The molecule has 0 saturated carbocycles. The zero-order chi connectivity index (χ0) is 13.8. The summed E-state index contributed by atoms with van der Waals surface area (Å²) in [6, 6.07) is 3.99. The van der Waals surface area contributed by atoms with Gasteiger partial charge in [-0.3, -0.25) is 10.1 Å². The Morgan fingerprint density at radius 2 is 2.32 bits per heavy atom. The number of esters is 1. The molecule has 19 heavy (non-hydrogen) atoms. The van der Waals surface area contributed by atoms with Gasteiger partial charge in [0.05, 0.1) is 23.7 Å². The van der Waals surface area contributed by atoms with E-state index in [0.29, 0.717) is 6.61 Å². The standard InChI is InChI=1S/C12H13NO6/c1-2-17-12(14)8-3-4-11(10(5-8)13(15)16)19-7-9-6-18-9/h3-5,9H,2,6-7H2,1H3. The molecule has 1 heterocycles. The van der Waals surface area contributed by atoms with E-state index in [-0.39, 0.29) is 36.3 Å². The summed E-state index contributed by atoms with van der Waals surface area (Å²) in [5.74, 6) is -0.476. The van der Waals surface area contributed by atoms with Gasteiger partial charge in [0.2, 0.25) is 0 Å². The smallest absolute Gasteiger partial charge is 0.338 e. The Kier molecular flexibility index (Phi) is 3.96. The van der Waals surface area contributed by atoms with Crippen molar-refractivity contribution < 1.29 is 23.9 Å². The van der Waals surface area contributed by atoms with Crippen molar-refractivity contribution in [2.45, 2.75) is 13.0 Å². The highest BCUT2D eigenvalue weighted by molar-refractivity contribution is 5.90. The molecule has 2 rings (SSSR count). The minimum Gasteiger partial charge on any atom is -0.484 e. The highest BCUT2D eigenvalue weighted by Gasteiger charge is 2.25. The predicted molar refractivity (Wildman–Crippen MR) is 64.3 cm³/mol. The number of nitrogens with zero attached hydrogens (tertiary/aromatic N) is 1. The van der Waals surface area contributed by atoms with Crippen molar-refractivity contribution in [2.75, 3.05) is 19.8 Å². The van der Waals surface area contributed by atoms with Gasteiger partial charge in [-0.05, 0) is 19.1 Å². The molecule has 1 unspecified atom stereocenters. The van der Waals surface area contributed by atoms with Crippen molar-refractivity contribution in [1.82, 2.24) is 0 Å². The van der Waals surface area contributed by atoms with Gasteiger partial charge in [0.25, 0.3) is 0 Å². The molecule has 0 amide bonds. The molecule has 0 aliphatic carbocycles. The normalized spacial score (nSPS) is 16.8. The van der Waals surface area contributed by atoms with E-state index < -0.39 is 10.9 Å². The molecule has 0 N–H and O–H groups in total. The van der Waals surface area contributed by atoms with E-state index in [9.17, 15) is 14.9 Å². The predicted octanol–water partition coefficient (Wildman–Crippen LogP) is 1.55. The van der Waals surface area contributed by atoms with Crippen LogP contribution in [-0.2, 0) is 9.47 Å². The van der Waals surface area contributed by atoms with Crippen molar-refractivity contribution in [3.05, 3.63) is 33.9 Å². The van der Waals surface area contributed by atoms with Crippen LogP contribution in [0.25, 0.3) is 0 Å². The lowest BCUT2D eigenvalue weighted by molar-refractivity contribution is -0.385. The first-order valence-corrected chi connectivity index (χ1v) is 5.81. The van der Waals surface area contributed by atoms with E-state index in [2.05, 4.69) is 0 Å². The van der Waals surface area contributed by atoms with Gasteiger partial charge < -0.3 is 14.2 Å². The number of benzene rings is 1. The van der Waals surface area contributed by atoms with Crippen LogP contribution in [0, 0.1) is 10.1 Å². The van der Waals surface area contributed by atoms with Crippen molar-refractivity contribution in [1.29, 1.82) is 0 Å². The van der Waals surface area contributed by atoms with E-state index in [0.717, 1.165) is 6.07 Å². The van der Waals surface area contributed by atoms with Crippen LogP contribution in [0.4, 0.5) is 5.69 Å². The molecule has 0 radical (unpaired) electrons. The zero-order valence-corrected chi connectivity index (χ0v) is 10.3. The van der Waals surface area contributed by atoms with Gasteiger partial charge in [0, 0.05) is 6.07 Å². The Balaban J connectivity index is 2.18. The van der Waals surface area contributed by atoms with E-state index in [1.165, 1.54) is 12.1 Å². The van der Waals surface area contributed by atoms with Crippen LogP contribution in [0.2, 0.25) is 0 Å². The minimum atomic E-state index is -0.595. The number of carbonyl (C=O) groups is 1. The Morgan fingerprint density at radius 3 is 2.89 bits per heavy atom. The number of carbonyl (C=O) groups excluding carboxylic acids is 1. The first-order valence-electron chi connectivity index (χ1n) is 5.81. The van der Waals surface area contributed by atoms with Crippen LogP contribution in [0.1, 0.15) is 17.3 Å². The highest BCUT2D eigenvalue weighted by atomic mass is 16.6. The van der Waals surface area contributed by atoms with Crippen molar-refractivity contribution in [2.24, 2.45) is 0 Å². The molecule has 1 aliphatic heterocycles. The SMILES string of the molecule is CCOC(=O)c1ccc(OCC2CO2)c([N+](=O)[O-])c1. The molecule has 0 aromatic heterocycles. The first-order chi connectivity index (χ1) is 9.11. The summed E-state index contributed by atoms with van der Waals surface area (Å²) in [4.78, 5) is 21.9. The second kappa shape index (κ2) is 5.66. The lowest BCUT2D eigenvalue weighted by Gasteiger charge is -2.07. The Hall–Kier alpha value is -2.15. The van der Waals surface area contributed by atoms with Crippen molar-refractivity contribution in [3.8, 4) is 5.75 Å². The molecular weight excluding hydrogens is 254 g/mol. The highest BCUT2D eigenvalue weighted by Crippen LogP contribution is 2.29. The summed E-state index contributed by atoms with van der Waals surface area (Å²) in [5, 5.41) is 11.0. The van der Waals surface area contributed by atoms with E-state index in [1.54, 1.807) is 6.92 Å². The quantitative estimate of drug-likeness (QED) is 0.336. The number of nitro groups is 1. The average molecular weight is 267 g/mol. The Bertz CT molecular complexity index is 497. The molecule has 1 fully saturated rings. The maximum atomic E-state index is 11.5. The molecule has 7 heteroatoms. The molecule has 102 valence electrons. The van der Waals surface area contributed by atoms with Crippen LogP contribution in [0.5, 0.6) is 5.75 Å². The molecule has 0 bridgehead atoms. The van der Waals surface area contributed by atoms with Gasteiger partial charge in [-0.15, -0.1) is 0 Å². The van der Waals surface area contributed by atoms with Crippen molar-refractivity contribution >= 4 is 11.7 Å². The van der Waals surface area contributed by atoms with E-state index >= 15 is 0 Å². The molecule has 7 nitrogen and oxygen atoms in total. The summed E-state index contributed by atoms with van der Waals surface area (Å²) in [7, 11) is 0. The van der Waals surface area contributed by atoms with E-state index in [4.69, 9.17) is 14.2 Å². The van der Waals surface area contributed by atoms with Gasteiger partial charge in [-0.1, -0.05) is 0 Å². The monoisotopic (exact) mass is 267 g/mol. The second-order valence-corrected chi connectivity index (χ2v) is 3.93. The number of rotatable bonds is 6. The largest absolute Gasteiger partial charge is 0.484 e. The number of hydrogen-bond donors (Lipinski definition) is 0. The summed E-state index contributed by atoms with van der Waals surface area (Å²) in [5.41, 5.74) is -0.130. The molecular formula is C12H13NO6. The van der Waals surface area contributed by atoms with Crippen LogP contribution >= 0.6 is 0 Å². The summed E-state index contributed by atoms with van der Waals surface area (Å²) in [6.07, 6.45) is 0.00402. The average Bonchev–Trinajstić information content (AvgIpc) is 3.20. The Morgan fingerprint density at radius 1 is 1.58 bits per heavy atom. The van der Waals surface area contributed by atoms with Crippen LogP contribution in [0.3, 0.4) is 0 Å². The van der Waals surface area contributed by atoms with Gasteiger partial charge in [0.15, 0.2) is 5.75 Å². The third-order valence-corrected chi connectivity index (χ3v) is 2.49. The topological polar surface area (TPSA) is 91.2 Å². The fourth-order valence-electron chi connectivity index (χ4n) is 1.47. The number of epoxide rings is 1. The molecule has 1 atom stereocenters. The van der Waals surface area contributed by atoms with Crippen LogP contribution in [-0.4, -0.2) is 36.8 Å². The molecule has 0 spiro atoms. The molecule has 1 aromatic carbocycles. The zero-order valence-electron chi connectivity index (χ0n) is 10.3. The number of hydrogen-bond acceptors (Lipinski definition) is 6. The third-order valence-electron chi connectivity index (χ3n) is 2.49. The van der Waals surface area contributed by atoms with Gasteiger partial charge in [-0.2, -0.15) is 0 Å². The molecule has 1 aromatic rings. The lowest BCUT2D eigenvalue weighted by atomic mass is 10.2. The fraction of sp³-hybridized carbons (Fsp3) is 0.417. The first kappa shape index (κ1) is 13.3. The van der Waals surface area contributed by atoms with Gasteiger partial charge >= 0.3 is 11.7 Å². The molecule has 1 aliphatic rings. The number of ether oxygens (including phenoxy) is 3. The van der Waals surface area contributed by atoms with Crippen molar-refractivity contribution in [3.63, 3.8) is 0 Å². The Labute approximate surface area is 109 Å². The van der Waals surface area contributed by atoms with Gasteiger partial charge in [0.1, 0.15) is 12.7 Å². The van der Waals surface area contributed by atoms with Crippen LogP contribution in [0.15, 0.2) is 18.2 Å². The third kappa shape index (κ3) is 3.41. The lowest BCUT2D eigenvalue weighted by Crippen LogP contribution is -2.08. The maximum absolute atomic E-state index is 11.5. The molecule has 1 saturated heterocycles. The summed E-state index contributed by atoms with van der Waals surface area (Å²) in [6.45, 7) is 2.75. The second-order valence-electron chi connectivity index (χ2n) is 3.93. The summed E-state index contributed by atoms with van der Waals surface area (Å²) >= 11 is 0. The fourth-order valence-corrected chi connectivity index (χ4v) is 1.47. The number of nitro benzene ring substituents is 1. The summed E-state index contributed by atoms with van der Waals surface area (Å²) < 4.78 is 15.0. The van der Waals surface area contributed by atoms with Crippen LogP contribution < -0.4 is 4.74 Å². The van der Waals surface area contributed by atoms with Gasteiger partial charge in [-0.25, -0.2) is 4.79 Å². The minimum absolute atomic E-state index is 0.00402. The van der Waals surface area contributed by atoms with E-state index in [1.807, 2.05) is 0 Å². The maximum Gasteiger partial charge on any atom is 0.338 e.